The Morgan fingerprint density at radius 3 is 2.11 bits per heavy atom. The van der Waals surface area contributed by atoms with Crippen LogP contribution < -0.4 is 5.32 Å². The van der Waals surface area contributed by atoms with Crippen LogP contribution in [0.25, 0.3) is 0 Å². The summed E-state index contributed by atoms with van der Waals surface area (Å²) in [6, 6.07) is 0. The molecule has 0 radical (unpaired) electrons. The van der Waals surface area contributed by atoms with Crippen molar-refractivity contribution >= 4 is 12.1 Å². The summed E-state index contributed by atoms with van der Waals surface area (Å²) >= 11 is 0. The lowest BCUT2D eigenvalue weighted by atomic mass is 9.83. The standard InChI is InChI=1S/C14H27NO4/c1-7-8-9-10(11(16)17)14(5,6)15-12(18)19-13(2,3)4/h10H,7-9H2,1-6H3,(H,15,18)(H,16,17). The van der Waals surface area contributed by atoms with Gasteiger partial charge in [-0.25, -0.2) is 4.79 Å². The van der Waals surface area contributed by atoms with E-state index in [1.165, 1.54) is 0 Å². The maximum Gasteiger partial charge on any atom is 0.408 e. The second kappa shape index (κ2) is 6.78. The molecule has 5 heteroatoms. The van der Waals surface area contributed by atoms with E-state index < -0.39 is 29.1 Å². The molecule has 0 aromatic rings. The van der Waals surface area contributed by atoms with Gasteiger partial charge in [0.15, 0.2) is 0 Å². The van der Waals surface area contributed by atoms with Crippen molar-refractivity contribution in [1.29, 1.82) is 0 Å². The van der Waals surface area contributed by atoms with Crippen molar-refractivity contribution in [2.45, 2.75) is 71.9 Å². The maximum atomic E-state index is 11.7. The molecule has 1 amide bonds. The van der Waals surface area contributed by atoms with Crippen LogP contribution in [0.1, 0.15) is 60.8 Å². The van der Waals surface area contributed by atoms with Crippen molar-refractivity contribution in [1.82, 2.24) is 5.32 Å². The summed E-state index contributed by atoms with van der Waals surface area (Å²) in [7, 11) is 0. The van der Waals surface area contributed by atoms with Crippen molar-refractivity contribution < 1.29 is 19.4 Å². The number of alkyl carbamates (subject to hydrolysis) is 1. The Labute approximate surface area is 115 Å². The summed E-state index contributed by atoms with van der Waals surface area (Å²) in [6.45, 7) is 10.7. The first-order chi connectivity index (χ1) is 8.49. The number of hydrogen-bond donors (Lipinski definition) is 2. The van der Waals surface area contributed by atoms with E-state index >= 15 is 0 Å². The summed E-state index contributed by atoms with van der Waals surface area (Å²) in [5, 5.41) is 12.0. The van der Waals surface area contributed by atoms with E-state index in [0.29, 0.717) is 6.42 Å². The van der Waals surface area contributed by atoms with E-state index in [9.17, 15) is 14.7 Å². The number of hydrogen-bond acceptors (Lipinski definition) is 3. The third-order valence-corrected chi connectivity index (χ3v) is 2.84. The van der Waals surface area contributed by atoms with Crippen LogP contribution in [0.3, 0.4) is 0 Å². The van der Waals surface area contributed by atoms with E-state index in [-0.39, 0.29) is 0 Å². The third-order valence-electron chi connectivity index (χ3n) is 2.84. The number of aliphatic carboxylic acids is 1. The average Bonchev–Trinajstić information content (AvgIpc) is 2.12. The van der Waals surface area contributed by atoms with Crippen molar-refractivity contribution in [3.63, 3.8) is 0 Å². The van der Waals surface area contributed by atoms with Crippen LogP contribution in [-0.2, 0) is 9.53 Å². The number of unbranched alkanes of at least 4 members (excludes halogenated alkanes) is 1. The van der Waals surface area contributed by atoms with Crippen molar-refractivity contribution in [3.8, 4) is 0 Å². The minimum Gasteiger partial charge on any atom is -0.481 e. The molecule has 0 aliphatic heterocycles. The van der Waals surface area contributed by atoms with Gasteiger partial charge < -0.3 is 15.2 Å². The average molecular weight is 273 g/mol. The molecule has 1 atom stereocenters. The van der Waals surface area contributed by atoms with Gasteiger partial charge in [0.2, 0.25) is 0 Å². The summed E-state index contributed by atoms with van der Waals surface area (Å²) in [5.74, 6) is -1.52. The Morgan fingerprint density at radius 2 is 1.74 bits per heavy atom. The zero-order valence-electron chi connectivity index (χ0n) is 12.9. The highest BCUT2D eigenvalue weighted by Gasteiger charge is 2.37. The number of ether oxygens (including phenoxy) is 1. The first kappa shape index (κ1) is 17.7. The fourth-order valence-corrected chi connectivity index (χ4v) is 1.86. The van der Waals surface area contributed by atoms with Crippen molar-refractivity contribution in [2.24, 2.45) is 5.92 Å². The predicted octanol–water partition coefficient (Wildman–Crippen LogP) is 3.18. The fourth-order valence-electron chi connectivity index (χ4n) is 1.86. The number of carbonyl (C=O) groups is 2. The molecule has 2 N–H and O–H groups in total. The molecule has 0 saturated carbocycles. The van der Waals surface area contributed by atoms with E-state index in [0.717, 1.165) is 12.8 Å². The monoisotopic (exact) mass is 273 g/mol. The van der Waals surface area contributed by atoms with Gasteiger partial charge in [-0.15, -0.1) is 0 Å². The highest BCUT2D eigenvalue weighted by Crippen LogP contribution is 2.23. The number of amides is 1. The molecule has 0 bridgehead atoms. The Morgan fingerprint density at radius 1 is 1.21 bits per heavy atom. The van der Waals surface area contributed by atoms with Gasteiger partial charge in [0.25, 0.3) is 0 Å². The summed E-state index contributed by atoms with van der Waals surface area (Å²) < 4.78 is 5.16. The molecule has 19 heavy (non-hydrogen) atoms. The molecule has 0 aromatic carbocycles. The summed E-state index contributed by atoms with van der Waals surface area (Å²) in [6.07, 6.45) is 1.69. The van der Waals surface area contributed by atoms with E-state index in [1.54, 1.807) is 34.6 Å². The number of carboxylic acids is 1. The molecular weight excluding hydrogens is 246 g/mol. The van der Waals surface area contributed by atoms with Gasteiger partial charge >= 0.3 is 12.1 Å². The van der Waals surface area contributed by atoms with Crippen LogP contribution in [0.2, 0.25) is 0 Å². The molecule has 1 unspecified atom stereocenters. The molecule has 0 saturated heterocycles. The zero-order valence-corrected chi connectivity index (χ0v) is 12.9. The van der Waals surface area contributed by atoms with E-state index in [2.05, 4.69) is 5.32 Å². The highest BCUT2D eigenvalue weighted by atomic mass is 16.6. The summed E-state index contributed by atoms with van der Waals surface area (Å²) in [5.41, 5.74) is -1.44. The fraction of sp³-hybridized carbons (Fsp3) is 0.857. The zero-order chi connectivity index (χ0) is 15.3. The lowest BCUT2D eigenvalue weighted by Crippen LogP contribution is -2.52. The van der Waals surface area contributed by atoms with Crippen LogP contribution in [0.5, 0.6) is 0 Å². The predicted molar refractivity (Wildman–Crippen MR) is 74.1 cm³/mol. The van der Waals surface area contributed by atoms with Gasteiger partial charge in [0, 0.05) is 0 Å². The Hall–Kier alpha value is -1.26. The molecule has 0 aromatic heterocycles. The lowest BCUT2D eigenvalue weighted by Gasteiger charge is -2.33. The Kier molecular flexibility index (Phi) is 6.33. The van der Waals surface area contributed by atoms with Crippen LogP contribution >= 0.6 is 0 Å². The molecule has 0 heterocycles. The molecule has 112 valence electrons. The molecule has 0 rings (SSSR count). The highest BCUT2D eigenvalue weighted by molar-refractivity contribution is 5.74. The number of nitrogens with one attached hydrogen (secondary N) is 1. The van der Waals surface area contributed by atoms with Crippen LogP contribution in [0.15, 0.2) is 0 Å². The topological polar surface area (TPSA) is 75.6 Å². The molecule has 5 nitrogen and oxygen atoms in total. The largest absolute Gasteiger partial charge is 0.481 e. The van der Waals surface area contributed by atoms with Crippen LogP contribution in [0, 0.1) is 5.92 Å². The van der Waals surface area contributed by atoms with Crippen LogP contribution in [0.4, 0.5) is 4.79 Å². The van der Waals surface area contributed by atoms with Gasteiger partial charge in [-0.3, -0.25) is 4.79 Å². The quantitative estimate of drug-likeness (QED) is 0.779. The summed E-state index contributed by atoms with van der Waals surface area (Å²) in [4.78, 5) is 23.1. The number of carboxylic acid groups (broad SMARTS) is 1. The molecule has 0 aliphatic rings. The van der Waals surface area contributed by atoms with Gasteiger partial charge in [0.05, 0.1) is 11.5 Å². The van der Waals surface area contributed by atoms with Crippen LogP contribution in [-0.4, -0.2) is 28.3 Å². The van der Waals surface area contributed by atoms with Gasteiger partial charge in [0.1, 0.15) is 5.60 Å². The van der Waals surface area contributed by atoms with Gasteiger partial charge in [-0.2, -0.15) is 0 Å². The van der Waals surface area contributed by atoms with E-state index in [4.69, 9.17) is 4.74 Å². The first-order valence-corrected chi connectivity index (χ1v) is 6.73. The van der Waals surface area contributed by atoms with Crippen molar-refractivity contribution in [3.05, 3.63) is 0 Å². The molecule has 0 fully saturated rings. The SMILES string of the molecule is CCCCC(C(=O)O)C(C)(C)NC(=O)OC(C)(C)C. The third kappa shape index (κ3) is 7.03. The normalized spacial score (nSPS) is 13.8. The maximum absolute atomic E-state index is 11.7. The number of rotatable bonds is 6. The molecular formula is C14H27NO4. The first-order valence-electron chi connectivity index (χ1n) is 6.73. The molecule has 0 spiro atoms. The van der Waals surface area contributed by atoms with Gasteiger partial charge in [-0.1, -0.05) is 19.8 Å². The minimum absolute atomic E-state index is 0.536. The minimum atomic E-state index is -0.894. The Bertz CT molecular complexity index is 318. The second-order valence-corrected chi connectivity index (χ2v) is 6.38. The van der Waals surface area contributed by atoms with Crippen molar-refractivity contribution in [2.75, 3.05) is 0 Å². The second-order valence-electron chi connectivity index (χ2n) is 6.38. The molecule has 0 aliphatic carbocycles. The smallest absolute Gasteiger partial charge is 0.408 e. The Balaban J connectivity index is 4.72. The van der Waals surface area contributed by atoms with Gasteiger partial charge in [-0.05, 0) is 41.0 Å². The van der Waals surface area contributed by atoms with E-state index in [1.807, 2.05) is 6.92 Å². The lowest BCUT2D eigenvalue weighted by molar-refractivity contribution is -0.144. The number of carbonyl (C=O) groups excluding carboxylic acids is 1.